The number of anilines is 1. The molecule has 0 aliphatic heterocycles. The SMILES string of the molecule is C=Nc1cc(C)c(S(=O)(=O)C(C)C)cc1/C(=C\C)Nc1n[nH]c(C)c1C. The molecule has 0 spiro atoms. The Morgan fingerprint density at radius 1 is 1.31 bits per heavy atom. The van der Waals surface area contributed by atoms with E-state index in [1.807, 2.05) is 26.8 Å². The second-order valence-corrected chi connectivity index (χ2v) is 9.01. The van der Waals surface area contributed by atoms with Gasteiger partial charge in [0.2, 0.25) is 0 Å². The molecule has 7 heteroatoms. The number of aromatic nitrogens is 2. The summed E-state index contributed by atoms with van der Waals surface area (Å²) in [6, 6.07) is 3.43. The fourth-order valence-electron chi connectivity index (χ4n) is 2.61. The van der Waals surface area contributed by atoms with Gasteiger partial charge in [-0.3, -0.25) is 10.1 Å². The Morgan fingerprint density at radius 3 is 2.42 bits per heavy atom. The summed E-state index contributed by atoms with van der Waals surface area (Å²) in [7, 11) is -3.41. The lowest BCUT2D eigenvalue weighted by Gasteiger charge is -2.17. The highest BCUT2D eigenvalue weighted by Gasteiger charge is 2.24. The molecule has 0 amide bonds. The van der Waals surface area contributed by atoms with Crippen molar-refractivity contribution in [3.63, 3.8) is 0 Å². The smallest absolute Gasteiger partial charge is 0.180 e. The molecule has 6 nitrogen and oxygen atoms in total. The zero-order valence-electron chi connectivity index (χ0n) is 16.1. The third-order valence-corrected chi connectivity index (χ3v) is 6.77. The van der Waals surface area contributed by atoms with Gasteiger partial charge in [0.25, 0.3) is 0 Å². The molecule has 0 aliphatic rings. The van der Waals surface area contributed by atoms with E-state index in [0.717, 1.165) is 17.0 Å². The number of hydrogen-bond acceptors (Lipinski definition) is 5. The van der Waals surface area contributed by atoms with Crippen molar-refractivity contribution in [1.29, 1.82) is 0 Å². The second kappa shape index (κ2) is 7.45. The number of rotatable bonds is 6. The Morgan fingerprint density at radius 2 is 1.96 bits per heavy atom. The maximum absolute atomic E-state index is 12.7. The van der Waals surface area contributed by atoms with Gasteiger partial charge in [-0.05, 0) is 66.0 Å². The van der Waals surface area contributed by atoms with Crippen molar-refractivity contribution in [3.8, 4) is 0 Å². The minimum atomic E-state index is -3.41. The van der Waals surface area contributed by atoms with E-state index in [0.29, 0.717) is 27.5 Å². The van der Waals surface area contributed by atoms with Crippen LogP contribution in [-0.4, -0.2) is 30.6 Å². The van der Waals surface area contributed by atoms with Crippen molar-refractivity contribution < 1.29 is 8.42 Å². The van der Waals surface area contributed by atoms with Gasteiger partial charge >= 0.3 is 0 Å². The first-order valence-electron chi connectivity index (χ1n) is 8.44. The van der Waals surface area contributed by atoms with Gasteiger partial charge in [-0.25, -0.2) is 8.42 Å². The van der Waals surface area contributed by atoms with Crippen LogP contribution >= 0.6 is 0 Å². The van der Waals surface area contributed by atoms with Crippen LogP contribution in [0, 0.1) is 20.8 Å². The first-order chi connectivity index (χ1) is 12.1. The normalized spacial score (nSPS) is 12.5. The predicted octanol–water partition coefficient (Wildman–Crippen LogP) is 4.32. The van der Waals surface area contributed by atoms with Crippen LogP contribution in [0.2, 0.25) is 0 Å². The zero-order valence-corrected chi connectivity index (χ0v) is 17.0. The largest absolute Gasteiger partial charge is 0.338 e. The summed E-state index contributed by atoms with van der Waals surface area (Å²) in [5, 5.41) is 9.96. The van der Waals surface area contributed by atoms with Crippen LogP contribution < -0.4 is 5.32 Å². The van der Waals surface area contributed by atoms with Crippen molar-refractivity contribution in [3.05, 3.63) is 40.6 Å². The average molecular weight is 375 g/mol. The number of hydrogen-bond donors (Lipinski definition) is 2. The molecule has 0 saturated carbocycles. The number of benzene rings is 1. The third-order valence-electron chi connectivity index (χ3n) is 4.48. The monoisotopic (exact) mass is 374 g/mol. The fourth-order valence-corrected chi connectivity index (χ4v) is 3.91. The van der Waals surface area contributed by atoms with Gasteiger partial charge in [-0.1, -0.05) is 6.08 Å². The molecule has 0 radical (unpaired) electrons. The van der Waals surface area contributed by atoms with E-state index >= 15 is 0 Å². The Kier molecular flexibility index (Phi) is 5.71. The van der Waals surface area contributed by atoms with E-state index in [9.17, 15) is 8.42 Å². The molecule has 0 unspecified atom stereocenters. The molecule has 140 valence electrons. The standard InChI is InChI=1S/C19H26N4O2S/c1-8-16(21-19-13(5)14(6)22-23-19)15-10-18(26(24,25)11(2)3)12(4)9-17(15)20-7/h8-11H,7H2,1-6H3,(H2,21,22,23)/b16-8+. The Hall–Kier alpha value is -2.41. The fraction of sp³-hybridized carbons (Fsp3) is 0.368. The molecule has 1 aromatic heterocycles. The Balaban J connectivity index is 2.62. The highest BCUT2D eigenvalue weighted by atomic mass is 32.2. The summed E-state index contributed by atoms with van der Waals surface area (Å²) in [6.45, 7) is 14.5. The lowest BCUT2D eigenvalue weighted by Crippen LogP contribution is -2.16. The lowest BCUT2D eigenvalue weighted by atomic mass is 10.1. The van der Waals surface area contributed by atoms with Crippen molar-refractivity contribution in [2.24, 2.45) is 4.99 Å². The number of aryl methyl sites for hydroxylation is 2. The number of H-pyrrole nitrogens is 1. The van der Waals surface area contributed by atoms with Crippen LogP contribution in [0.1, 0.15) is 43.2 Å². The number of allylic oxidation sites excluding steroid dienone is 1. The summed E-state index contributed by atoms with van der Waals surface area (Å²) in [4.78, 5) is 4.39. The predicted molar refractivity (Wildman–Crippen MR) is 108 cm³/mol. The van der Waals surface area contributed by atoms with Crippen LogP contribution in [0.5, 0.6) is 0 Å². The number of nitrogens with zero attached hydrogens (tertiary/aromatic N) is 2. The van der Waals surface area contributed by atoms with Crippen LogP contribution in [0.3, 0.4) is 0 Å². The van der Waals surface area contributed by atoms with Crippen molar-refractivity contribution in [2.45, 2.75) is 51.7 Å². The van der Waals surface area contributed by atoms with Crippen LogP contribution in [0.4, 0.5) is 11.5 Å². The Bertz CT molecular complexity index is 970. The molecule has 0 bridgehead atoms. The van der Waals surface area contributed by atoms with Crippen LogP contribution in [-0.2, 0) is 9.84 Å². The minimum absolute atomic E-state index is 0.311. The van der Waals surface area contributed by atoms with Crippen molar-refractivity contribution >= 4 is 33.8 Å². The Labute approximate surface area is 155 Å². The maximum Gasteiger partial charge on any atom is 0.180 e. The molecule has 0 aliphatic carbocycles. The lowest BCUT2D eigenvalue weighted by molar-refractivity contribution is 0.587. The van der Waals surface area contributed by atoms with Crippen molar-refractivity contribution in [1.82, 2.24) is 10.2 Å². The van der Waals surface area contributed by atoms with Gasteiger partial charge < -0.3 is 5.32 Å². The molecule has 0 atom stereocenters. The van der Waals surface area contributed by atoms with E-state index in [1.54, 1.807) is 32.9 Å². The first kappa shape index (κ1) is 19.9. The molecular formula is C19H26N4O2S. The maximum atomic E-state index is 12.7. The minimum Gasteiger partial charge on any atom is -0.338 e. The summed E-state index contributed by atoms with van der Waals surface area (Å²) in [6.07, 6.45) is 1.87. The van der Waals surface area contributed by atoms with Gasteiger partial charge in [-0.2, -0.15) is 5.10 Å². The summed E-state index contributed by atoms with van der Waals surface area (Å²) in [5.41, 5.74) is 4.65. The van der Waals surface area contributed by atoms with Gasteiger partial charge in [-0.15, -0.1) is 0 Å². The average Bonchev–Trinajstić information content (AvgIpc) is 2.91. The highest BCUT2D eigenvalue weighted by molar-refractivity contribution is 7.92. The van der Waals surface area contributed by atoms with Crippen LogP contribution in [0.25, 0.3) is 5.70 Å². The van der Waals surface area contributed by atoms with Crippen molar-refractivity contribution in [2.75, 3.05) is 5.32 Å². The third kappa shape index (κ3) is 3.58. The summed E-state index contributed by atoms with van der Waals surface area (Å²) in [5.74, 6) is 0.694. The molecule has 26 heavy (non-hydrogen) atoms. The summed E-state index contributed by atoms with van der Waals surface area (Å²) < 4.78 is 25.5. The molecule has 2 rings (SSSR count). The van der Waals surface area contributed by atoms with E-state index < -0.39 is 15.1 Å². The van der Waals surface area contributed by atoms with E-state index in [4.69, 9.17) is 0 Å². The highest BCUT2D eigenvalue weighted by Crippen LogP contribution is 2.34. The van der Waals surface area contributed by atoms with E-state index in [1.165, 1.54) is 0 Å². The number of nitrogens with one attached hydrogen (secondary N) is 2. The van der Waals surface area contributed by atoms with Gasteiger partial charge in [0.1, 0.15) is 0 Å². The molecule has 0 saturated heterocycles. The van der Waals surface area contributed by atoms with Crippen LogP contribution in [0.15, 0.2) is 28.1 Å². The first-order valence-corrected chi connectivity index (χ1v) is 9.98. The number of aliphatic imine (C=N–C) groups is 1. The van der Waals surface area contributed by atoms with Gasteiger partial charge in [0.15, 0.2) is 15.7 Å². The summed E-state index contributed by atoms with van der Waals surface area (Å²) >= 11 is 0. The molecule has 2 aromatic rings. The van der Waals surface area contributed by atoms with Gasteiger partial charge in [0, 0.05) is 22.5 Å². The molecule has 2 N–H and O–H groups in total. The molecule has 0 fully saturated rings. The quantitative estimate of drug-likeness (QED) is 0.737. The molecule has 1 heterocycles. The van der Waals surface area contributed by atoms with Gasteiger partial charge in [0.05, 0.1) is 15.8 Å². The van der Waals surface area contributed by atoms with E-state index in [2.05, 4.69) is 27.2 Å². The van der Waals surface area contributed by atoms with E-state index in [-0.39, 0.29) is 0 Å². The molecular weight excluding hydrogens is 348 g/mol. The topological polar surface area (TPSA) is 87.2 Å². The second-order valence-electron chi connectivity index (χ2n) is 6.54. The molecule has 1 aromatic carbocycles. The zero-order chi connectivity index (χ0) is 19.6. The number of aromatic amines is 1. The number of sulfone groups is 1.